The Balaban J connectivity index is 2.22. The largest absolute Gasteiger partial charge is 0.503 e. The molecule has 11 heteroatoms. The Labute approximate surface area is 147 Å². The molecule has 0 aliphatic heterocycles. The van der Waals surface area contributed by atoms with Crippen molar-refractivity contribution in [2.45, 2.75) is 4.90 Å². The average molecular weight is 386 g/mol. The van der Waals surface area contributed by atoms with Crippen molar-refractivity contribution in [3.8, 4) is 11.5 Å². The summed E-state index contributed by atoms with van der Waals surface area (Å²) in [5, 5.41) is 23.9. The summed E-state index contributed by atoms with van der Waals surface area (Å²) in [7, 11) is -2.76. The summed E-state index contributed by atoms with van der Waals surface area (Å²) in [5.41, 5.74) is 0.00306. The second-order valence-corrected chi connectivity index (χ2v) is 6.73. The maximum atomic E-state index is 12.1. The molecule has 0 saturated heterocycles. The van der Waals surface area contributed by atoms with Crippen LogP contribution in [0, 0.1) is 10.1 Å². The lowest BCUT2D eigenvalue weighted by Crippen LogP contribution is -2.18. The molecule has 0 aliphatic rings. The fourth-order valence-corrected chi connectivity index (χ4v) is 2.86. The van der Waals surface area contributed by atoms with Crippen molar-refractivity contribution in [1.82, 2.24) is 4.83 Å². The van der Waals surface area contributed by atoms with Crippen molar-refractivity contribution < 1.29 is 23.2 Å². The van der Waals surface area contributed by atoms with E-state index in [0.29, 0.717) is 5.56 Å². The van der Waals surface area contributed by atoms with E-state index >= 15 is 0 Å². The van der Waals surface area contributed by atoms with Gasteiger partial charge in [-0.1, -0.05) is 17.7 Å². The molecule has 0 fully saturated rings. The van der Waals surface area contributed by atoms with Crippen LogP contribution in [0.15, 0.2) is 46.4 Å². The van der Waals surface area contributed by atoms with Gasteiger partial charge in [-0.05, 0) is 23.8 Å². The van der Waals surface area contributed by atoms with Crippen molar-refractivity contribution in [3.05, 3.63) is 57.1 Å². The highest BCUT2D eigenvalue weighted by Crippen LogP contribution is 2.34. The number of benzene rings is 2. The molecule has 0 bridgehead atoms. The van der Waals surface area contributed by atoms with Gasteiger partial charge in [-0.2, -0.15) is 13.5 Å². The van der Waals surface area contributed by atoms with E-state index in [1.165, 1.54) is 37.4 Å². The smallest absolute Gasteiger partial charge is 0.276 e. The second kappa shape index (κ2) is 7.36. The molecule has 2 aromatic rings. The Bertz CT molecular complexity index is 946. The molecule has 0 unspecified atom stereocenters. The van der Waals surface area contributed by atoms with Crippen LogP contribution in [0.5, 0.6) is 11.5 Å². The monoisotopic (exact) mass is 385 g/mol. The molecule has 2 aromatic carbocycles. The third-order valence-corrected chi connectivity index (χ3v) is 4.50. The van der Waals surface area contributed by atoms with Crippen LogP contribution in [-0.2, 0) is 10.0 Å². The average Bonchev–Trinajstić information content (AvgIpc) is 2.57. The summed E-state index contributed by atoms with van der Waals surface area (Å²) in [6.07, 6.45) is 1.14. The lowest BCUT2D eigenvalue weighted by atomic mass is 10.2. The predicted molar refractivity (Wildman–Crippen MR) is 90.7 cm³/mol. The Morgan fingerprint density at radius 1 is 1.36 bits per heavy atom. The maximum absolute atomic E-state index is 12.1. The van der Waals surface area contributed by atoms with E-state index in [2.05, 4.69) is 5.10 Å². The number of rotatable bonds is 6. The molecule has 2 rings (SSSR count). The second-order valence-electron chi connectivity index (χ2n) is 4.66. The highest BCUT2D eigenvalue weighted by molar-refractivity contribution is 7.89. The number of halogens is 1. The number of nitro groups is 1. The van der Waals surface area contributed by atoms with Gasteiger partial charge in [0.2, 0.25) is 0 Å². The van der Waals surface area contributed by atoms with Crippen LogP contribution in [0.2, 0.25) is 5.02 Å². The predicted octanol–water partition coefficient (Wildman–Crippen LogP) is 2.27. The van der Waals surface area contributed by atoms with Crippen molar-refractivity contribution in [2.24, 2.45) is 5.10 Å². The topological polar surface area (TPSA) is 131 Å². The highest BCUT2D eigenvalue weighted by Gasteiger charge is 2.16. The van der Waals surface area contributed by atoms with Gasteiger partial charge in [0.15, 0.2) is 11.5 Å². The zero-order chi connectivity index (χ0) is 18.6. The zero-order valence-electron chi connectivity index (χ0n) is 12.7. The number of hydrogen-bond acceptors (Lipinski definition) is 7. The number of ether oxygens (including phenoxy) is 1. The fourth-order valence-electron chi connectivity index (χ4n) is 1.81. The molecule has 0 aliphatic carbocycles. The molecular weight excluding hydrogens is 374 g/mol. The number of hydrazone groups is 1. The quantitative estimate of drug-likeness (QED) is 0.445. The van der Waals surface area contributed by atoms with Gasteiger partial charge < -0.3 is 9.84 Å². The van der Waals surface area contributed by atoms with E-state index in [1.807, 2.05) is 4.83 Å². The van der Waals surface area contributed by atoms with Gasteiger partial charge >= 0.3 is 0 Å². The standard InChI is InChI=1S/C14H12ClN3O6S/c1-24-13-6-9(5-12(15)14(13)19)8-16-17-25(22,23)11-4-2-3-10(7-11)18(20)21/h2-8,17,19H,1H3/b16-8+. The van der Waals surface area contributed by atoms with Gasteiger partial charge in [0.05, 0.1) is 28.2 Å². The number of nitro benzene ring substituents is 1. The molecule has 132 valence electrons. The van der Waals surface area contributed by atoms with Crippen LogP contribution < -0.4 is 9.57 Å². The molecular formula is C14H12ClN3O6S. The minimum absolute atomic E-state index is 0.00217. The van der Waals surface area contributed by atoms with E-state index in [9.17, 15) is 23.6 Å². The number of phenolic OH excluding ortho intramolecular Hbond substituents is 1. The first-order valence-electron chi connectivity index (χ1n) is 6.60. The van der Waals surface area contributed by atoms with E-state index in [1.54, 1.807) is 0 Å². The molecule has 9 nitrogen and oxygen atoms in total. The lowest BCUT2D eigenvalue weighted by Gasteiger charge is -2.06. The van der Waals surface area contributed by atoms with Crippen LogP contribution in [0.3, 0.4) is 0 Å². The molecule has 0 aromatic heterocycles. The first kappa shape index (κ1) is 18.5. The first-order valence-corrected chi connectivity index (χ1v) is 8.46. The van der Waals surface area contributed by atoms with Crippen LogP contribution in [0.1, 0.15) is 5.56 Å². The normalized spacial score (nSPS) is 11.4. The van der Waals surface area contributed by atoms with E-state index < -0.39 is 14.9 Å². The summed E-state index contributed by atoms with van der Waals surface area (Å²) in [6.45, 7) is 0. The summed E-state index contributed by atoms with van der Waals surface area (Å²) in [5.74, 6) is -0.158. The Morgan fingerprint density at radius 2 is 2.08 bits per heavy atom. The molecule has 25 heavy (non-hydrogen) atoms. The number of sulfonamides is 1. The number of hydrogen-bond donors (Lipinski definition) is 2. The van der Waals surface area contributed by atoms with E-state index in [-0.39, 0.29) is 27.1 Å². The Kier molecular flexibility index (Phi) is 5.45. The highest BCUT2D eigenvalue weighted by atomic mass is 35.5. The zero-order valence-corrected chi connectivity index (χ0v) is 14.3. The number of nitrogens with zero attached hydrogens (tertiary/aromatic N) is 2. The van der Waals surface area contributed by atoms with Crippen molar-refractivity contribution in [2.75, 3.05) is 7.11 Å². The number of non-ortho nitro benzene ring substituents is 1. The number of nitrogens with one attached hydrogen (secondary N) is 1. The molecule has 0 radical (unpaired) electrons. The maximum Gasteiger partial charge on any atom is 0.276 e. The fraction of sp³-hybridized carbons (Fsp3) is 0.0714. The molecule has 0 spiro atoms. The lowest BCUT2D eigenvalue weighted by molar-refractivity contribution is -0.385. The molecule has 0 heterocycles. The van der Waals surface area contributed by atoms with Gasteiger partial charge in [0.1, 0.15) is 0 Å². The van der Waals surface area contributed by atoms with Gasteiger partial charge in [0.25, 0.3) is 15.7 Å². The number of methoxy groups -OCH3 is 1. The third-order valence-electron chi connectivity index (χ3n) is 3.00. The Morgan fingerprint density at radius 3 is 2.72 bits per heavy atom. The first-order chi connectivity index (χ1) is 11.7. The third kappa shape index (κ3) is 4.37. The molecule has 0 atom stereocenters. The molecule has 0 amide bonds. The minimum Gasteiger partial charge on any atom is -0.503 e. The summed E-state index contributed by atoms with van der Waals surface area (Å²) in [6, 6.07) is 7.29. The van der Waals surface area contributed by atoms with Crippen LogP contribution in [0.25, 0.3) is 0 Å². The van der Waals surface area contributed by atoms with Crippen LogP contribution in [0.4, 0.5) is 5.69 Å². The van der Waals surface area contributed by atoms with E-state index in [4.69, 9.17) is 16.3 Å². The SMILES string of the molecule is COc1cc(/C=N/NS(=O)(=O)c2cccc([N+](=O)[O-])c2)cc(Cl)c1O. The van der Waals surface area contributed by atoms with Gasteiger partial charge in [0, 0.05) is 12.1 Å². The van der Waals surface area contributed by atoms with Crippen LogP contribution in [-0.4, -0.2) is 31.8 Å². The van der Waals surface area contributed by atoms with Crippen molar-refractivity contribution >= 4 is 33.5 Å². The molecule has 0 saturated carbocycles. The molecule has 2 N–H and O–H groups in total. The van der Waals surface area contributed by atoms with E-state index in [0.717, 1.165) is 12.3 Å². The summed E-state index contributed by atoms with van der Waals surface area (Å²) in [4.78, 5) is 11.6. The van der Waals surface area contributed by atoms with Crippen molar-refractivity contribution in [3.63, 3.8) is 0 Å². The summed E-state index contributed by atoms with van der Waals surface area (Å²) >= 11 is 5.82. The summed E-state index contributed by atoms with van der Waals surface area (Å²) < 4.78 is 29.1. The van der Waals surface area contributed by atoms with Crippen LogP contribution >= 0.6 is 11.6 Å². The van der Waals surface area contributed by atoms with Gasteiger partial charge in [-0.3, -0.25) is 10.1 Å². The van der Waals surface area contributed by atoms with Gasteiger partial charge in [-0.25, -0.2) is 4.83 Å². The number of phenols is 1. The number of aromatic hydroxyl groups is 1. The minimum atomic E-state index is -4.09. The Hall–Kier alpha value is -2.85. The van der Waals surface area contributed by atoms with Gasteiger partial charge in [-0.15, -0.1) is 0 Å². The van der Waals surface area contributed by atoms with Crippen molar-refractivity contribution in [1.29, 1.82) is 0 Å².